The molecule has 2 unspecified atom stereocenters. The number of hydrogen-bond donors (Lipinski definition) is 1. The minimum Gasteiger partial charge on any atom is -0.479 e. The van der Waals surface area contributed by atoms with Crippen molar-refractivity contribution in [2.75, 3.05) is 0 Å². The smallest absolute Gasteiger partial charge is 0.337 e. The zero-order chi connectivity index (χ0) is 13.0. The summed E-state index contributed by atoms with van der Waals surface area (Å²) >= 11 is 0. The maximum atomic E-state index is 11.6. The van der Waals surface area contributed by atoms with Crippen molar-refractivity contribution >= 4 is 17.8 Å². The van der Waals surface area contributed by atoms with Gasteiger partial charge in [-0.2, -0.15) is 0 Å². The molecule has 0 saturated carbocycles. The van der Waals surface area contributed by atoms with Gasteiger partial charge in [-0.25, -0.2) is 9.59 Å². The number of hydrogen-bond acceptors (Lipinski definition) is 5. The summed E-state index contributed by atoms with van der Waals surface area (Å²) in [6.07, 6.45) is -0.371. The van der Waals surface area contributed by atoms with E-state index in [2.05, 4.69) is 0 Å². The van der Waals surface area contributed by atoms with Crippen molar-refractivity contribution in [1.82, 2.24) is 4.90 Å². The monoisotopic (exact) mass is 253 g/mol. The number of carboxylic acid groups (broad SMARTS) is 1. The van der Waals surface area contributed by atoms with Crippen molar-refractivity contribution in [3.8, 4) is 0 Å². The van der Waals surface area contributed by atoms with E-state index in [1.807, 2.05) is 0 Å². The summed E-state index contributed by atoms with van der Waals surface area (Å²) in [4.78, 5) is 35.4. The standard InChI is InChI=1S/C11H11NO6/c1-4-2-5(11(16)17-4)9-8(10(14)15)12-6(13)3-7(12)18-9/h4,7-8H,2-3H2,1H3,(H,14,15)/b9-5-/t4?,7-,8?/m1/s1. The quantitative estimate of drug-likeness (QED) is 0.389. The Hall–Kier alpha value is -2.05. The average Bonchev–Trinajstić information content (AvgIpc) is 2.75. The van der Waals surface area contributed by atoms with Crippen molar-refractivity contribution < 1.29 is 29.0 Å². The molecule has 3 fully saturated rings. The third-order valence-corrected chi connectivity index (χ3v) is 3.31. The second-order valence-electron chi connectivity index (χ2n) is 4.58. The van der Waals surface area contributed by atoms with Crippen LogP contribution in [0.1, 0.15) is 19.8 Å². The fourth-order valence-electron chi connectivity index (χ4n) is 2.48. The Morgan fingerprint density at radius 2 is 2.06 bits per heavy atom. The predicted octanol–water partition coefficient (Wildman–Crippen LogP) is -0.382. The molecule has 0 bridgehead atoms. The van der Waals surface area contributed by atoms with Crippen LogP contribution in [0.3, 0.4) is 0 Å². The van der Waals surface area contributed by atoms with Crippen LogP contribution in [0.5, 0.6) is 0 Å². The van der Waals surface area contributed by atoms with E-state index in [1.54, 1.807) is 6.92 Å². The van der Waals surface area contributed by atoms with Crippen LogP contribution in [0.2, 0.25) is 0 Å². The lowest BCUT2D eigenvalue weighted by atomic mass is 10.0. The Labute approximate surface area is 102 Å². The van der Waals surface area contributed by atoms with Gasteiger partial charge in [0, 0.05) is 6.42 Å². The zero-order valence-corrected chi connectivity index (χ0v) is 9.58. The van der Waals surface area contributed by atoms with Gasteiger partial charge < -0.3 is 14.6 Å². The van der Waals surface area contributed by atoms with Crippen molar-refractivity contribution in [3.63, 3.8) is 0 Å². The van der Waals surface area contributed by atoms with Crippen LogP contribution in [0.25, 0.3) is 0 Å². The van der Waals surface area contributed by atoms with Gasteiger partial charge in [-0.1, -0.05) is 0 Å². The normalized spacial score (nSPS) is 38.1. The Balaban J connectivity index is 2.01. The van der Waals surface area contributed by atoms with Crippen molar-refractivity contribution in [1.29, 1.82) is 0 Å². The first kappa shape index (κ1) is 11.1. The van der Waals surface area contributed by atoms with Crippen molar-refractivity contribution in [2.45, 2.75) is 38.1 Å². The highest BCUT2D eigenvalue weighted by Crippen LogP contribution is 2.40. The molecule has 3 aliphatic heterocycles. The molecule has 1 N–H and O–H groups in total. The molecule has 0 spiro atoms. The lowest BCUT2D eigenvalue weighted by Crippen LogP contribution is -2.54. The Morgan fingerprint density at radius 1 is 1.33 bits per heavy atom. The van der Waals surface area contributed by atoms with Crippen LogP contribution in [-0.2, 0) is 23.9 Å². The minimum atomic E-state index is -1.19. The summed E-state index contributed by atoms with van der Waals surface area (Å²) < 4.78 is 10.4. The number of fused-ring (bicyclic) bond motifs is 1. The Bertz CT molecular complexity index is 496. The van der Waals surface area contributed by atoms with Gasteiger partial charge >= 0.3 is 11.9 Å². The lowest BCUT2D eigenvalue weighted by molar-refractivity contribution is -0.163. The molecule has 3 atom stereocenters. The number of nitrogens with zero attached hydrogens (tertiary/aromatic N) is 1. The molecule has 0 radical (unpaired) electrons. The van der Waals surface area contributed by atoms with Gasteiger partial charge in [0.25, 0.3) is 0 Å². The molecule has 3 aliphatic rings. The van der Waals surface area contributed by atoms with E-state index in [0.29, 0.717) is 6.42 Å². The molecule has 96 valence electrons. The summed E-state index contributed by atoms with van der Waals surface area (Å²) in [5.41, 5.74) is 0.233. The van der Waals surface area contributed by atoms with Gasteiger partial charge in [0.05, 0.1) is 12.0 Å². The number of amides is 1. The van der Waals surface area contributed by atoms with E-state index < -0.39 is 24.2 Å². The zero-order valence-electron chi connectivity index (χ0n) is 9.58. The van der Waals surface area contributed by atoms with Gasteiger partial charge in [-0.3, -0.25) is 9.69 Å². The summed E-state index contributed by atoms with van der Waals surface area (Å²) in [7, 11) is 0. The summed E-state index contributed by atoms with van der Waals surface area (Å²) in [6.45, 7) is 1.72. The molecule has 0 aliphatic carbocycles. The maximum Gasteiger partial charge on any atom is 0.337 e. The number of esters is 1. The van der Waals surface area contributed by atoms with Gasteiger partial charge in [0.1, 0.15) is 11.9 Å². The highest BCUT2D eigenvalue weighted by Gasteiger charge is 2.55. The molecule has 18 heavy (non-hydrogen) atoms. The molecule has 3 saturated heterocycles. The summed E-state index contributed by atoms with van der Waals surface area (Å²) in [5.74, 6) is -1.96. The maximum absolute atomic E-state index is 11.6. The molecule has 0 aromatic heterocycles. The molecule has 0 aromatic rings. The number of carboxylic acids is 1. The van der Waals surface area contributed by atoms with Gasteiger partial charge in [0.2, 0.25) is 5.91 Å². The van der Waals surface area contributed by atoms with Gasteiger partial charge in [-0.15, -0.1) is 0 Å². The first-order valence-electron chi connectivity index (χ1n) is 5.63. The number of β-lactam (4-membered cyclic amide) rings is 1. The van der Waals surface area contributed by atoms with E-state index in [9.17, 15) is 19.5 Å². The number of ether oxygens (including phenoxy) is 2. The van der Waals surface area contributed by atoms with Crippen LogP contribution < -0.4 is 0 Å². The van der Waals surface area contributed by atoms with Crippen LogP contribution in [0.4, 0.5) is 0 Å². The Morgan fingerprint density at radius 3 is 2.56 bits per heavy atom. The molecule has 7 nitrogen and oxygen atoms in total. The third-order valence-electron chi connectivity index (χ3n) is 3.31. The van der Waals surface area contributed by atoms with E-state index in [-0.39, 0.29) is 29.8 Å². The van der Waals surface area contributed by atoms with Crippen LogP contribution in [0.15, 0.2) is 11.3 Å². The first-order valence-corrected chi connectivity index (χ1v) is 5.63. The van der Waals surface area contributed by atoms with Gasteiger partial charge in [-0.05, 0) is 6.92 Å². The molecular formula is C11H11NO6. The third kappa shape index (κ3) is 1.33. The number of rotatable bonds is 1. The molecular weight excluding hydrogens is 242 g/mol. The SMILES string of the molecule is CC1C/C(=C2/O[C@@H]3CC(=O)N3C2C(=O)O)C(=O)O1. The fourth-order valence-corrected chi connectivity index (χ4v) is 2.48. The second-order valence-corrected chi connectivity index (χ2v) is 4.58. The summed E-state index contributed by atoms with van der Waals surface area (Å²) in [5, 5.41) is 9.18. The van der Waals surface area contributed by atoms with Crippen LogP contribution in [0, 0.1) is 0 Å². The molecule has 0 aromatic carbocycles. The molecule has 3 rings (SSSR count). The topological polar surface area (TPSA) is 93.1 Å². The van der Waals surface area contributed by atoms with E-state index >= 15 is 0 Å². The predicted molar refractivity (Wildman–Crippen MR) is 55.0 cm³/mol. The lowest BCUT2D eigenvalue weighted by Gasteiger charge is -2.33. The molecule has 1 amide bonds. The first-order chi connectivity index (χ1) is 8.49. The van der Waals surface area contributed by atoms with Crippen molar-refractivity contribution in [3.05, 3.63) is 11.3 Å². The van der Waals surface area contributed by atoms with E-state index in [4.69, 9.17) is 9.47 Å². The van der Waals surface area contributed by atoms with E-state index in [0.717, 1.165) is 4.90 Å². The van der Waals surface area contributed by atoms with Crippen LogP contribution >= 0.6 is 0 Å². The average molecular weight is 253 g/mol. The highest BCUT2D eigenvalue weighted by atomic mass is 16.6. The molecule has 7 heteroatoms. The molecule has 3 heterocycles. The number of aliphatic carboxylic acids is 1. The largest absolute Gasteiger partial charge is 0.479 e. The Kier molecular flexibility index (Phi) is 2.13. The highest BCUT2D eigenvalue weighted by molar-refractivity contribution is 5.96. The number of carbonyl (C=O) groups is 3. The minimum absolute atomic E-state index is 0.0627. The van der Waals surface area contributed by atoms with Crippen LogP contribution in [-0.4, -0.2) is 46.2 Å². The summed E-state index contributed by atoms with van der Waals surface area (Å²) in [6, 6.07) is -1.19. The fraction of sp³-hybridized carbons (Fsp3) is 0.545. The van der Waals surface area contributed by atoms with E-state index in [1.165, 1.54) is 0 Å². The second kappa shape index (κ2) is 3.47. The van der Waals surface area contributed by atoms with Crippen molar-refractivity contribution in [2.24, 2.45) is 0 Å². The number of carbonyl (C=O) groups excluding carboxylic acids is 2. The van der Waals surface area contributed by atoms with Gasteiger partial charge in [0.15, 0.2) is 12.3 Å². The number of cyclic esters (lactones) is 1.